The smallest absolute Gasteiger partial charge is 0.251 e. The Morgan fingerprint density at radius 1 is 1.59 bits per heavy atom. The molecule has 4 nitrogen and oxygen atoms in total. The molecule has 0 fully saturated rings. The van der Waals surface area contributed by atoms with Crippen LogP contribution in [0.5, 0.6) is 0 Å². The van der Waals surface area contributed by atoms with E-state index in [1.54, 1.807) is 24.8 Å². The van der Waals surface area contributed by atoms with E-state index in [-0.39, 0.29) is 11.8 Å². The van der Waals surface area contributed by atoms with E-state index < -0.39 is 6.10 Å². The van der Waals surface area contributed by atoms with Crippen molar-refractivity contribution in [1.82, 2.24) is 4.90 Å². The van der Waals surface area contributed by atoms with Gasteiger partial charge < -0.3 is 9.64 Å². The molecule has 0 aliphatic heterocycles. The fourth-order valence-electron chi connectivity index (χ4n) is 1.40. The SMILES string of the molecule is C=CCCO[C@H](C)C(=O)N(CC)C[C@H](C)C#N. The lowest BCUT2D eigenvalue weighted by atomic mass is 10.2. The number of carbonyl (C=O) groups excluding carboxylic acids is 1. The third-order valence-electron chi connectivity index (χ3n) is 2.45. The normalized spacial score (nSPS) is 13.5. The summed E-state index contributed by atoms with van der Waals surface area (Å²) in [7, 11) is 0. The van der Waals surface area contributed by atoms with Crippen LogP contribution in [0.25, 0.3) is 0 Å². The lowest BCUT2D eigenvalue weighted by molar-refractivity contribution is -0.142. The van der Waals surface area contributed by atoms with Crippen LogP contribution in [0.2, 0.25) is 0 Å². The van der Waals surface area contributed by atoms with Gasteiger partial charge in [0.1, 0.15) is 6.10 Å². The molecule has 0 spiro atoms. The van der Waals surface area contributed by atoms with E-state index >= 15 is 0 Å². The van der Waals surface area contributed by atoms with E-state index in [4.69, 9.17) is 10.00 Å². The van der Waals surface area contributed by atoms with Crippen molar-refractivity contribution in [3.63, 3.8) is 0 Å². The van der Waals surface area contributed by atoms with E-state index in [1.807, 2.05) is 6.92 Å². The van der Waals surface area contributed by atoms with Gasteiger partial charge >= 0.3 is 0 Å². The summed E-state index contributed by atoms with van der Waals surface area (Å²) in [6.07, 6.45) is 2.03. The Kier molecular flexibility index (Phi) is 8.08. The molecule has 0 heterocycles. The summed E-state index contributed by atoms with van der Waals surface area (Å²) in [5.41, 5.74) is 0. The molecule has 0 aliphatic rings. The van der Waals surface area contributed by atoms with Gasteiger partial charge in [0, 0.05) is 13.1 Å². The van der Waals surface area contributed by atoms with Crippen LogP contribution < -0.4 is 0 Å². The van der Waals surface area contributed by atoms with E-state index in [0.29, 0.717) is 19.7 Å². The van der Waals surface area contributed by atoms with Gasteiger partial charge in [0.05, 0.1) is 18.6 Å². The maximum Gasteiger partial charge on any atom is 0.251 e. The van der Waals surface area contributed by atoms with Crippen LogP contribution in [0, 0.1) is 17.2 Å². The molecule has 0 aromatic heterocycles. The van der Waals surface area contributed by atoms with Crippen molar-refractivity contribution in [2.45, 2.75) is 33.3 Å². The fourth-order valence-corrected chi connectivity index (χ4v) is 1.40. The van der Waals surface area contributed by atoms with E-state index in [9.17, 15) is 4.79 Å². The fraction of sp³-hybridized carbons (Fsp3) is 0.692. The standard InChI is InChI=1S/C13H22N2O2/c1-5-7-8-17-12(4)13(16)15(6-2)10-11(3)9-14/h5,11-12H,1,6-8,10H2,2-4H3/t11-,12-/m1/s1. The predicted molar refractivity (Wildman–Crippen MR) is 67.3 cm³/mol. The van der Waals surface area contributed by atoms with Gasteiger partial charge in [-0.05, 0) is 27.2 Å². The molecule has 0 aliphatic carbocycles. The zero-order chi connectivity index (χ0) is 13.3. The number of nitriles is 1. The quantitative estimate of drug-likeness (QED) is 0.480. The van der Waals surface area contributed by atoms with Crippen molar-refractivity contribution < 1.29 is 9.53 Å². The molecule has 0 aromatic carbocycles. The van der Waals surface area contributed by atoms with Crippen molar-refractivity contribution in [3.8, 4) is 6.07 Å². The Hall–Kier alpha value is -1.34. The first-order chi connectivity index (χ1) is 8.06. The Labute approximate surface area is 104 Å². The number of nitrogens with zero attached hydrogens (tertiary/aromatic N) is 2. The first kappa shape index (κ1) is 15.7. The predicted octanol–water partition coefficient (Wildman–Crippen LogP) is 1.98. The number of carbonyl (C=O) groups is 1. The third-order valence-corrected chi connectivity index (χ3v) is 2.45. The lowest BCUT2D eigenvalue weighted by Crippen LogP contribution is -2.41. The van der Waals surface area contributed by atoms with Crippen LogP contribution in [0.15, 0.2) is 12.7 Å². The number of rotatable bonds is 8. The summed E-state index contributed by atoms with van der Waals surface area (Å²) in [5.74, 6) is -0.210. The molecule has 0 radical (unpaired) electrons. The zero-order valence-corrected chi connectivity index (χ0v) is 11.0. The summed E-state index contributed by atoms with van der Waals surface area (Å²) in [6, 6.07) is 2.13. The van der Waals surface area contributed by atoms with Crippen LogP contribution >= 0.6 is 0 Å². The van der Waals surface area contributed by atoms with E-state index in [0.717, 1.165) is 6.42 Å². The molecular weight excluding hydrogens is 216 g/mol. The molecule has 0 saturated carbocycles. The minimum absolute atomic E-state index is 0.0568. The molecule has 0 aromatic rings. The van der Waals surface area contributed by atoms with Gasteiger partial charge in [0.25, 0.3) is 5.91 Å². The highest BCUT2D eigenvalue weighted by molar-refractivity contribution is 5.80. The van der Waals surface area contributed by atoms with Gasteiger partial charge in [0.2, 0.25) is 0 Å². The molecule has 17 heavy (non-hydrogen) atoms. The molecule has 0 saturated heterocycles. The second kappa shape index (κ2) is 8.77. The van der Waals surface area contributed by atoms with E-state index in [2.05, 4.69) is 12.6 Å². The maximum atomic E-state index is 12.0. The topological polar surface area (TPSA) is 53.3 Å². The molecule has 1 amide bonds. The summed E-state index contributed by atoms with van der Waals surface area (Å²) in [4.78, 5) is 13.6. The average Bonchev–Trinajstić information content (AvgIpc) is 2.34. The maximum absolute atomic E-state index is 12.0. The summed E-state index contributed by atoms with van der Waals surface area (Å²) < 4.78 is 5.40. The molecule has 0 unspecified atom stereocenters. The monoisotopic (exact) mass is 238 g/mol. The van der Waals surface area contributed by atoms with Crippen LogP contribution in [-0.4, -0.2) is 36.6 Å². The number of likely N-dealkylation sites (N-methyl/N-ethyl adjacent to an activating group) is 1. The summed E-state index contributed by atoms with van der Waals surface area (Å²) >= 11 is 0. The van der Waals surface area contributed by atoms with Crippen LogP contribution in [0.3, 0.4) is 0 Å². The molecule has 2 atom stereocenters. The molecule has 0 N–H and O–H groups in total. The highest BCUT2D eigenvalue weighted by Gasteiger charge is 2.21. The molecule has 0 rings (SSSR count). The average molecular weight is 238 g/mol. The van der Waals surface area contributed by atoms with Gasteiger partial charge in [-0.1, -0.05) is 6.08 Å². The van der Waals surface area contributed by atoms with Gasteiger partial charge in [0.15, 0.2) is 0 Å². The highest BCUT2D eigenvalue weighted by Crippen LogP contribution is 2.04. The van der Waals surface area contributed by atoms with E-state index in [1.165, 1.54) is 0 Å². The first-order valence-corrected chi connectivity index (χ1v) is 5.97. The summed E-state index contributed by atoms with van der Waals surface area (Å²) in [6.45, 7) is 10.6. The Morgan fingerprint density at radius 2 is 2.24 bits per heavy atom. The van der Waals surface area contributed by atoms with Gasteiger partial charge in [-0.15, -0.1) is 6.58 Å². The molecule has 0 bridgehead atoms. The molecule has 4 heteroatoms. The van der Waals surface area contributed by atoms with Crippen LogP contribution in [0.1, 0.15) is 27.2 Å². The lowest BCUT2D eigenvalue weighted by Gasteiger charge is -2.25. The van der Waals surface area contributed by atoms with Gasteiger partial charge in [-0.3, -0.25) is 4.79 Å². The Morgan fingerprint density at radius 3 is 2.71 bits per heavy atom. The zero-order valence-electron chi connectivity index (χ0n) is 11.0. The molecular formula is C13H22N2O2. The third kappa shape index (κ3) is 6.08. The first-order valence-electron chi connectivity index (χ1n) is 5.97. The van der Waals surface area contributed by atoms with Gasteiger partial charge in [-0.25, -0.2) is 0 Å². The second-order valence-electron chi connectivity index (χ2n) is 4.00. The van der Waals surface area contributed by atoms with Crippen molar-refractivity contribution in [3.05, 3.63) is 12.7 Å². The van der Waals surface area contributed by atoms with Crippen molar-refractivity contribution in [2.24, 2.45) is 5.92 Å². The minimum Gasteiger partial charge on any atom is -0.368 e. The van der Waals surface area contributed by atoms with Crippen molar-refractivity contribution in [2.75, 3.05) is 19.7 Å². The van der Waals surface area contributed by atoms with Crippen molar-refractivity contribution in [1.29, 1.82) is 5.26 Å². The summed E-state index contributed by atoms with van der Waals surface area (Å²) in [5, 5.41) is 8.74. The number of amides is 1. The van der Waals surface area contributed by atoms with Gasteiger partial charge in [-0.2, -0.15) is 5.26 Å². The van der Waals surface area contributed by atoms with Crippen LogP contribution in [0.4, 0.5) is 0 Å². The number of hydrogen-bond donors (Lipinski definition) is 0. The number of ether oxygens (including phenoxy) is 1. The van der Waals surface area contributed by atoms with Crippen molar-refractivity contribution >= 4 is 5.91 Å². The molecule has 96 valence electrons. The number of hydrogen-bond acceptors (Lipinski definition) is 3. The Balaban J connectivity index is 4.23. The van der Waals surface area contributed by atoms with Crippen LogP contribution in [-0.2, 0) is 9.53 Å². The minimum atomic E-state index is -0.458. The Bertz CT molecular complexity index is 284. The highest BCUT2D eigenvalue weighted by atomic mass is 16.5. The largest absolute Gasteiger partial charge is 0.368 e. The second-order valence-corrected chi connectivity index (χ2v) is 4.00.